The summed E-state index contributed by atoms with van der Waals surface area (Å²) in [5.41, 5.74) is 1.67. The lowest BCUT2D eigenvalue weighted by molar-refractivity contribution is -0.137. The lowest BCUT2D eigenvalue weighted by Gasteiger charge is -2.15. The highest BCUT2D eigenvalue weighted by atomic mass is 19.1. The highest BCUT2D eigenvalue weighted by Gasteiger charge is 2.39. The first-order valence-corrected chi connectivity index (χ1v) is 10.3. The first-order valence-electron chi connectivity index (χ1n) is 10.3. The first kappa shape index (κ1) is 20.8. The molecule has 0 aliphatic carbocycles. The third kappa shape index (κ3) is 4.20. The Bertz CT molecular complexity index is 1150. The fraction of sp³-hybridized carbons (Fsp3) is 0.200. The number of anilines is 1. The van der Waals surface area contributed by atoms with Gasteiger partial charge in [-0.05, 0) is 42.5 Å². The summed E-state index contributed by atoms with van der Waals surface area (Å²) in [5, 5.41) is 5.15. The predicted octanol–water partition coefficient (Wildman–Crippen LogP) is 4.60. The van der Waals surface area contributed by atoms with Gasteiger partial charge in [-0.3, -0.25) is 14.5 Å². The summed E-state index contributed by atoms with van der Waals surface area (Å²) in [5.74, 6) is -1.19. The van der Waals surface area contributed by atoms with Crippen LogP contribution in [0.2, 0.25) is 0 Å². The second kappa shape index (κ2) is 9.10. The zero-order chi connectivity index (χ0) is 21.8. The molecule has 3 aromatic rings. The topological polar surface area (TPSA) is 58.6 Å². The maximum atomic E-state index is 13.5. The summed E-state index contributed by atoms with van der Waals surface area (Å²) in [6.07, 6.45) is 0.545. The molecular formula is C25H23FN2O3. The van der Waals surface area contributed by atoms with Crippen molar-refractivity contribution in [3.8, 4) is 0 Å². The van der Waals surface area contributed by atoms with Crippen LogP contribution in [0, 0.1) is 5.82 Å². The van der Waals surface area contributed by atoms with Gasteiger partial charge in [-0.15, -0.1) is 0 Å². The summed E-state index contributed by atoms with van der Waals surface area (Å²) >= 11 is 0. The van der Waals surface area contributed by atoms with Crippen LogP contribution in [0.5, 0.6) is 0 Å². The van der Waals surface area contributed by atoms with Crippen molar-refractivity contribution in [2.45, 2.75) is 13.3 Å². The Hall–Kier alpha value is -3.51. The van der Waals surface area contributed by atoms with Crippen LogP contribution in [0.25, 0.3) is 16.3 Å². The molecule has 0 fully saturated rings. The number of nitrogens with one attached hydrogen (secondary N) is 1. The average molecular weight is 418 g/mol. The summed E-state index contributed by atoms with van der Waals surface area (Å²) in [7, 11) is 0. The van der Waals surface area contributed by atoms with Crippen molar-refractivity contribution in [1.82, 2.24) is 4.90 Å². The molecule has 6 heteroatoms. The van der Waals surface area contributed by atoms with Crippen LogP contribution in [0.4, 0.5) is 10.1 Å². The zero-order valence-electron chi connectivity index (χ0n) is 17.2. The van der Waals surface area contributed by atoms with Gasteiger partial charge in [0.25, 0.3) is 11.8 Å². The molecule has 31 heavy (non-hydrogen) atoms. The molecule has 0 bridgehead atoms. The fourth-order valence-electron chi connectivity index (χ4n) is 3.72. The number of halogens is 1. The third-order valence-corrected chi connectivity index (χ3v) is 5.22. The Balaban J connectivity index is 1.73. The van der Waals surface area contributed by atoms with Gasteiger partial charge in [0.2, 0.25) is 0 Å². The van der Waals surface area contributed by atoms with Gasteiger partial charge in [-0.25, -0.2) is 4.39 Å². The molecule has 5 nitrogen and oxygen atoms in total. The van der Waals surface area contributed by atoms with E-state index >= 15 is 0 Å². The number of ether oxygens (including phenoxy) is 1. The van der Waals surface area contributed by atoms with Crippen molar-refractivity contribution in [2.75, 3.05) is 25.1 Å². The highest BCUT2D eigenvalue weighted by Crippen LogP contribution is 2.32. The van der Waals surface area contributed by atoms with E-state index in [-0.39, 0.29) is 17.8 Å². The SMILES string of the molecule is CCOCCCN1C(=O)C(Nc2cccc3ccccc23)=C(c2ccc(F)cc2)C1=O. The molecular weight excluding hydrogens is 395 g/mol. The van der Waals surface area contributed by atoms with Crippen molar-refractivity contribution < 1.29 is 18.7 Å². The van der Waals surface area contributed by atoms with Gasteiger partial charge in [0.15, 0.2) is 0 Å². The van der Waals surface area contributed by atoms with Crippen LogP contribution in [0.1, 0.15) is 18.9 Å². The minimum atomic E-state index is -0.404. The van der Waals surface area contributed by atoms with Crippen LogP contribution >= 0.6 is 0 Å². The fourth-order valence-corrected chi connectivity index (χ4v) is 3.72. The van der Waals surface area contributed by atoms with Gasteiger partial charge >= 0.3 is 0 Å². The summed E-state index contributed by atoms with van der Waals surface area (Å²) in [4.78, 5) is 27.7. The molecule has 0 spiro atoms. The quantitative estimate of drug-likeness (QED) is 0.429. The van der Waals surface area contributed by atoms with Gasteiger partial charge < -0.3 is 10.1 Å². The van der Waals surface area contributed by atoms with E-state index in [0.717, 1.165) is 16.5 Å². The van der Waals surface area contributed by atoms with Gasteiger partial charge in [0.05, 0.1) is 5.57 Å². The average Bonchev–Trinajstić information content (AvgIpc) is 3.01. The monoisotopic (exact) mass is 418 g/mol. The number of carbonyl (C=O) groups excluding carboxylic acids is 2. The smallest absolute Gasteiger partial charge is 0.278 e. The molecule has 0 aromatic heterocycles. The minimum absolute atomic E-state index is 0.198. The number of benzene rings is 3. The molecule has 3 aromatic carbocycles. The molecule has 158 valence electrons. The third-order valence-electron chi connectivity index (χ3n) is 5.22. The number of hydrogen-bond acceptors (Lipinski definition) is 4. The standard InChI is InChI=1S/C25H23FN2O3/c1-2-31-16-6-15-28-24(29)22(18-11-13-19(26)14-12-18)23(25(28)30)27-21-10-5-8-17-7-3-4-9-20(17)21/h3-5,7-14,27H,2,6,15-16H2,1H3. The van der Waals surface area contributed by atoms with E-state index in [1.54, 1.807) is 0 Å². The number of fused-ring (bicyclic) bond motifs is 1. The molecule has 0 atom stereocenters. The number of nitrogens with zero attached hydrogens (tertiary/aromatic N) is 1. The second-order valence-electron chi connectivity index (χ2n) is 7.22. The number of carbonyl (C=O) groups is 2. The Labute approximate surface area is 180 Å². The van der Waals surface area contributed by atoms with Crippen LogP contribution in [-0.2, 0) is 14.3 Å². The van der Waals surface area contributed by atoms with Crippen molar-refractivity contribution >= 4 is 33.8 Å². The number of amides is 2. The van der Waals surface area contributed by atoms with Crippen LogP contribution < -0.4 is 5.32 Å². The molecule has 1 heterocycles. The molecule has 4 rings (SSSR count). The molecule has 0 saturated carbocycles. The van der Waals surface area contributed by atoms with Gasteiger partial charge in [0.1, 0.15) is 11.5 Å². The molecule has 2 amide bonds. The molecule has 0 unspecified atom stereocenters. The summed E-state index contributed by atoms with van der Waals surface area (Å²) in [6.45, 7) is 3.19. The predicted molar refractivity (Wildman–Crippen MR) is 119 cm³/mol. The molecule has 1 aliphatic heterocycles. The van der Waals surface area contributed by atoms with Crippen LogP contribution in [0.3, 0.4) is 0 Å². The van der Waals surface area contributed by atoms with Gasteiger partial charge in [0, 0.05) is 30.8 Å². The Morgan fingerprint density at radius 3 is 2.45 bits per heavy atom. The van der Waals surface area contributed by atoms with Crippen LogP contribution in [-0.4, -0.2) is 36.5 Å². The van der Waals surface area contributed by atoms with Gasteiger partial charge in [-0.1, -0.05) is 48.5 Å². The van der Waals surface area contributed by atoms with Crippen molar-refractivity contribution in [3.63, 3.8) is 0 Å². The van der Waals surface area contributed by atoms with E-state index < -0.39 is 17.6 Å². The maximum Gasteiger partial charge on any atom is 0.278 e. The van der Waals surface area contributed by atoms with Gasteiger partial charge in [-0.2, -0.15) is 0 Å². The van der Waals surface area contributed by atoms with E-state index in [1.165, 1.54) is 29.2 Å². The highest BCUT2D eigenvalue weighted by molar-refractivity contribution is 6.36. The number of imide groups is 1. The van der Waals surface area contributed by atoms with E-state index in [0.29, 0.717) is 25.2 Å². The molecule has 1 N–H and O–H groups in total. The van der Waals surface area contributed by atoms with E-state index in [9.17, 15) is 14.0 Å². The lowest BCUT2D eigenvalue weighted by atomic mass is 10.0. The Kier molecular flexibility index (Phi) is 6.09. The molecule has 0 radical (unpaired) electrons. The Morgan fingerprint density at radius 1 is 0.935 bits per heavy atom. The van der Waals surface area contributed by atoms with Crippen LogP contribution in [0.15, 0.2) is 72.4 Å². The van der Waals surface area contributed by atoms with Crippen molar-refractivity contribution in [1.29, 1.82) is 0 Å². The van der Waals surface area contributed by atoms with Crippen molar-refractivity contribution in [2.24, 2.45) is 0 Å². The minimum Gasteiger partial charge on any atom is -0.382 e. The summed E-state index contributed by atoms with van der Waals surface area (Å²) in [6, 6.07) is 19.2. The first-order chi connectivity index (χ1) is 15.1. The van der Waals surface area contributed by atoms with E-state index in [2.05, 4.69) is 5.32 Å². The second-order valence-corrected chi connectivity index (χ2v) is 7.22. The number of rotatable bonds is 8. The lowest BCUT2D eigenvalue weighted by Crippen LogP contribution is -2.34. The van der Waals surface area contributed by atoms with E-state index in [4.69, 9.17) is 4.74 Å². The maximum absolute atomic E-state index is 13.5. The molecule has 0 saturated heterocycles. The summed E-state index contributed by atoms with van der Waals surface area (Å²) < 4.78 is 18.8. The number of hydrogen-bond donors (Lipinski definition) is 1. The van der Waals surface area contributed by atoms with Crippen molar-refractivity contribution in [3.05, 3.63) is 83.8 Å². The molecule has 1 aliphatic rings. The largest absolute Gasteiger partial charge is 0.382 e. The Morgan fingerprint density at radius 2 is 1.68 bits per heavy atom. The van der Waals surface area contributed by atoms with E-state index in [1.807, 2.05) is 49.4 Å². The zero-order valence-corrected chi connectivity index (χ0v) is 17.2. The normalized spacial score (nSPS) is 14.1.